The number of carbonyl (C=O) groups excluding carboxylic acids is 1. The van der Waals surface area contributed by atoms with Gasteiger partial charge in [-0.2, -0.15) is 0 Å². The summed E-state index contributed by atoms with van der Waals surface area (Å²) in [5.74, 6) is -2.14. The van der Waals surface area contributed by atoms with Crippen molar-refractivity contribution in [2.24, 2.45) is 0 Å². The molecule has 0 unspecified atom stereocenters. The highest BCUT2D eigenvalue weighted by molar-refractivity contribution is 6.42. The Bertz CT molecular complexity index is 812. The molecule has 126 valence electrons. The van der Waals surface area contributed by atoms with Crippen molar-refractivity contribution in [3.8, 4) is 5.75 Å². The molecule has 24 heavy (non-hydrogen) atoms. The molecule has 9 heteroatoms. The van der Waals surface area contributed by atoms with Crippen molar-refractivity contribution >= 4 is 35.1 Å². The summed E-state index contributed by atoms with van der Waals surface area (Å²) in [5, 5.41) is 21.7. The molecule has 1 heterocycles. The molecular formula is C15H13Cl2N3O4. The Hall–Kier alpha value is -2.38. The van der Waals surface area contributed by atoms with E-state index in [1.807, 2.05) is 0 Å². The third-order valence-electron chi connectivity index (χ3n) is 3.04. The summed E-state index contributed by atoms with van der Waals surface area (Å²) < 4.78 is 0. The molecule has 0 aliphatic heterocycles. The molecule has 0 aliphatic carbocycles. The van der Waals surface area contributed by atoms with E-state index in [1.165, 1.54) is 0 Å². The molecular weight excluding hydrogens is 357 g/mol. The van der Waals surface area contributed by atoms with Gasteiger partial charge >= 0.3 is 5.97 Å². The maximum Gasteiger partial charge on any atom is 0.322 e. The number of carbonyl (C=O) groups is 2. The lowest BCUT2D eigenvalue weighted by molar-refractivity contribution is -0.135. The third kappa shape index (κ3) is 4.33. The Labute approximate surface area is 147 Å². The van der Waals surface area contributed by atoms with E-state index >= 15 is 0 Å². The predicted octanol–water partition coefficient (Wildman–Crippen LogP) is 2.20. The first-order valence-corrected chi connectivity index (χ1v) is 7.54. The average molecular weight is 370 g/mol. The van der Waals surface area contributed by atoms with Gasteiger partial charge in [-0.25, -0.2) is 9.97 Å². The summed E-state index contributed by atoms with van der Waals surface area (Å²) in [6.07, 6.45) is 0.200. The fraction of sp³-hybridized carbons (Fsp3) is 0.200. The zero-order valence-corrected chi connectivity index (χ0v) is 14.0. The predicted molar refractivity (Wildman–Crippen MR) is 87.7 cm³/mol. The number of nitrogens with one attached hydrogen (secondary N) is 1. The van der Waals surface area contributed by atoms with Gasteiger partial charge in [0, 0.05) is 6.42 Å². The number of carboxylic acids is 1. The van der Waals surface area contributed by atoms with Gasteiger partial charge in [-0.15, -0.1) is 0 Å². The van der Waals surface area contributed by atoms with Crippen molar-refractivity contribution in [3.05, 3.63) is 51.0 Å². The van der Waals surface area contributed by atoms with Crippen LogP contribution >= 0.6 is 23.2 Å². The average Bonchev–Trinajstić information content (AvgIpc) is 2.51. The molecule has 3 N–H and O–H groups in total. The van der Waals surface area contributed by atoms with E-state index in [1.54, 1.807) is 25.1 Å². The molecule has 1 amide bonds. The van der Waals surface area contributed by atoms with Crippen LogP contribution in [0.3, 0.4) is 0 Å². The Kier molecular flexibility index (Phi) is 5.58. The highest BCUT2D eigenvalue weighted by Crippen LogP contribution is 2.26. The van der Waals surface area contributed by atoms with Gasteiger partial charge in [-0.1, -0.05) is 29.3 Å². The lowest BCUT2D eigenvalue weighted by Crippen LogP contribution is -2.30. The Morgan fingerprint density at radius 1 is 1.21 bits per heavy atom. The third-order valence-corrected chi connectivity index (χ3v) is 3.78. The second-order valence-corrected chi connectivity index (χ2v) is 5.73. The lowest BCUT2D eigenvalue weighted by atomic mass is 10.1. The van der Waals surface area contributed by atoms with Gasteiger partial charge in [0.05, 0.1) is 15.7 Å². The van der Waals surface area contributed by atoms with E-state index in [0.29, 0.717) is 10.0 Å². The van der Waals surface area contributed by atoms with Crippen molar-refractivity contribution in [1.82, 2.24) is 15.3 Å². The maximum atomic E-state index is 12.0. The fourth-order valence-corrected chi connectivity index (χ4v) is 2.31. The quantitative estimate of drug-likeness (QED) is 0.744. The second kappa shape index (κ2) is 7.46. The topological polar surface area (TPSA) is 112 Å². The second-order valence-electron chi connectivity index (χ2n) is 4.92. The van der Waals surface area contributed by atoms with Crippen LogP contribution in [0.5, 0.6) is 5.75 Å². The summed E-state index contributed by atoms with van der Waals surface area (Å²) in [7, 11) is 0. The largest absolute Gasteiger partial charge is 0.504 e. The van der Waals surface area contributed by atoms with E-state index in [2.05, 4.69) is 15.3 Å². The Morgan fingerprint density at radius 2 is 1.92 bits per heavy atom. The number of aliphatic carboxylic acids is 1. The number of hydrogen-bond donors (Lipinski definition) is 3. The summed E-state index contributed by atoms with van der Waals surface area (Å²) in [6, 6.07) is 4.96. The molecule has 2 rings (SSSR count). The summed E-state index contributed by atoms with van der Waals surface area (Å²) >= 11 is 11.8. The van der Waals surface area contributed by atoms with Gasteiger partial charge in [0.15, 0.2) is 11.4 Å². The number of aromatic hydroxyl groups is 1. The first-order valence-electron chi connectivity index (χ1n) is 6.78. The molecule has 0 bridgehead atoms. The molecule has 2 aromatic rings. The fourth-order valence-electron chi connectivity index (χ4n) is 1.99. The molecule has 0 saturated carbocycles. The van der Waals surface area contributed by atoms with Gasteiger partial charge in [0.25, 0.3) is 5.91 Å². The summed E-state index contributed by atoms with van der Waals surface area (Å²) in [6.45, 7) is 0.981. The smallest absolute Gasteiger partial charge is 0.322 e. The number of nitrogens with zero attached hydrogens (tertiary/aromatic N) is 2. The van der Waals surface area contributed by atoms with Crippen LogP contribution < -0.4 is 5.32 Å². The zero-order valence-electron chi connectivity index (χ0n) is 12.5. The normalized spacial score (nSPS) is 10.5. The number of halogens is 2. The van der Waals surface area contributed by atoms with Crippen LogP contribution in [0.25, 0.3) is 0 Å². The molecule has 0 aliphatic rings. The van der Waals surface area contributed by atoms with Gasteiger partial charge in [0.1, 0.15) is 12.4 Å². The van der Waals surface area contributed by atoms with Crippen LogP contribution in [0.2, 0.25) is 10.0 Å². The molecule has 0 saturated heterocycles. The number of amides is 1. The maximum absolute atomic E-state index is 12.0. The van der Waals surface area contributed by atoms with E-state index in [0.717, 1.165) is 5.56 Å². The molecule has 0 fully saturated rings. The minimum atomic E-state index is -1.20. The number of aryl methyl sites for hydroxylation is 1. The first kappa shape index (κ1) is 18.0. The van der Waals surface area contributed by atoms with Crippen molar-refractivity contribution in [1.29, 1.82) is 0 Å². The van der Waals surface area contributed by atoms with E-state index in [9.17, 15) is 14.7 Å². The number of rotatable bonds is 5. The van der Waals surface area contributed by atoms with Crippen LogP contribution in [0.4, 0.5) is 0 Å². The van der Waals surface area contributed by atoms with Gasteiger partial charge in [0.2, 0.25) is 0 Å². The van der Waals surface area contributed by atoms with Crippen LogP contribution in [0.1, 0.15) is 27.6 Å². The van der Waals surface area contributed by atoms with Crippen molar-refractivity contribution in [2.75, 3.05) is 6.54 Å². The highest BCUT2D eigenvalue weighted by Gasteiger charge is 2.19. The SMILES string of the molecule is Cc1nc(Cc2ccc(Cl)c(Cl)c2)c(O)c(C(=O)NCC(=O)O)n1. The molecule has 0 atom stereocenters. The van der Waals surface area contributed by atoms with Crippen LogP contribution in [-0.2, 0) is 11.2 Å². The standard InChI is InChI=1S/C15H13Cl2N3O4/c1-7-19-11(5-8-2-3-9(16)10(17)4-8)14(23)13(20-7)15(24)18-6-12(21)22/h2-4,23H,5-6H2,1H3,(H,18,24)(H,21,22). The van der Waals surface area contributed by atoms with Crippen molar-refractivity contribution < 1.29 is 19.8 Å². The minimum Gasteiger partial charge on any atom is -0.504 e. The first-order chi connectivity index (χ1) is 11.3. The van der Waals surface area contributed by atoms with E-state index in [4.69, 9.17) is 28.3 Å². The molecule has 1 aromatic heterocycles. The molecule has 7 nitrogen and oxygen atoms in total. The van der Waals surface area contributed by atoms with E-state index in [-0.39, 0.29) is 23.6 Å². The molecule has 0 spiro atoms. The monoisotopic (exact) mass is 369 g/mol. The summed E-state index contributed by atoms with van der Waals surface area (Å²) in [5.41, 5.74) is 0.676. The van der Waals surface area contributed by atoms with Crippen molar-refractivity contribution in [3.63, 3.8) is 0 Å². The summed E-state index contributed by atoms with van der Waals surface area (Å²) in [4.78, 5) is 30.5. The Balaban J connectivity index is 2.32. The minimum absolute atomic E-state index is 0.200. The van der Waals surface area contributed by atoms with Crippen LogP contribution in [0, 0.1) is 6.92 Å². The molecule has 1 aromatic carbocycles. The zero-order chi connectivity index (χ0) is 17.9. The molecule has 0 radical (unpaired) electrons. The number of benzene rings is 1. The highest BCUT2D eigenvalue weighted by atomic mass is 35.5. The lowest BCUT2D eigenvalue weighted by Gasteiger charge is -2.10. The Morgan fingerprint density at radius 3 is 2.54 bits per heavy atom. The van der Waals surface area contributed by atoms with Crippen LogP contribution in [0.15, 0.2) is 18.2 Å². The van der Waals surface area contributed by atoms with Crippen molar-refractivity contribution in [2.45, 2.75) is 13.3 Å². The van der Waals surface area contributed by atoms with Crippen LogP contribution in [-0.4, -0.2) is 38.6 Å². The van der Waals surface area contributed by atoms with Gasteiger partial charge < -0.3 is 15.5 Å². The van der Waals surface area contributed by atoms with E-state index < -0.39 is 24.2 Å². The number of carboxylic acid groups (broad SMARTS) is 1. The van der Waals surface area contributed by atoms with Gasteiger partial charge in [-0.3, -0.25) is 9.59 Å². The number of hydrogen-bond acceptors (Lipinski definition) is 5. The number of aromatic nitrogens is 2. The van der Waals surface area contributed by atoms with Gasteiger partial charge in [-0.05, 0) is 24.6 Å².